The lowest BCUT2D eigenvalue weighted by Gasteiger charge is -2.36. The van der Waals surface area contributed by atoms with Gasteiger partial charge in [0.25, 0.3) is 5.91 Å². The van der Waals surface area contributed by atoms with Crippen molar-refractivity contribution in [1.29, 1.82) is 0 Å². The molecule has 1 heterocycles. The average molecular weight is 543 g/mol. The van der Waals surface area contributed by atoms with E-state index in [9.17, 15) is 9.59 Å². The molecule has 4 rings (SSSR count). The highest BCUT2D eigenvalue weighted by molar-refractivity contribution is 6.40. The van der Waals surface area contributed by atoms with Gasteiger partial charge in [0.15, 0.2) is 0 Å². The van der Waals surface area contributed by atoms with Gasteiger partial charge in [-0.1, -0.05) is 65.1 Å². The molecule has 0 spiro atoms. The van der Waals surface area contributed by atoms with E-state index in [4.69, 9.17) is 34.8 Å². The number of likely N-dealkylation sites (N-methyl/N-ethyl adjacent to an activating group) is 1. The molecule has 36 heavy (non-hydrogen) atoms. The van der Waals surface area contributed by atoms with Crippen molar-refractivity contribution < 1.29 is 9.59 Å². The van der Waals surface area contributed by atoms with Crippen molar-refractivity contribution in [3.63, 3.8) is 0 Å². The zero-order valence-corrected chi connectivity index (χ0v) is 22.3. The van der Waals surface area contributed by atoms with Crippen LogP contribution in [0.5, 0.6) is 0 Å². The largest absolute Gasteiger partial charge is 0.368 e. The van der Waals surface area contributed by atoms with E-state index >= 15 is 0 Å². The minimum absolute atomic E-state index is 0.0969. The van der Waals surface area contributed by atoms with Crippen LogP contribution in [0, 0.1) is 0 Å². The van der Waals surface area contributed by atoms with Crippen LogP contribution in [0.3, 0.4) is 0 Å². The lowest BCUT2D eigenvalue weighted by molar-refractivity contribution is -0.129. The van der Waals surface area contributed by atoms with Crippen LogP contribution in [-0.4, -0.2) is 49.9 Å². The molecule has 3 aromatic carbocycles. The zero-order chi connectivity index (χ0) is 25.8. The number of benzene rings is 3. The Hall–Kier alpha value is -2.99. The molecule has 0 bridgehead atoms. The van der Waals surface area contributed by atoms with Gasteiger partial charge in [-0.3, -0.25) is 9.59 Å². The zero-order valence-electron chi connectivity index (χ0n) is 20.0. The quantitative estimate of drug-likeness (QED) is 0.339. The van der Waals surface area contributed by atoms with Gasteiger partial charge in [-0.15, -0.1) is 0 Å². The summed E-state index contributed by atoms with van der Waals surface area (Å²) < 4.78 is 0. The molecule has 0 aromatic heterocycles. The molecule has 2 amide bonds. The second-order valence-corrected chi connectivity index (χ2v) is 9.77. The predicted molar refractivity (Wildman–Crippen MR) is 150 cm³/mol. The highest BCUT2D eigenvalue weighted by atomic mass is 35.5. The van der Waals surface area contributed by atoms with E-state index in [1.807, 2.05) is 41.3 Å². The lowest BCUT2D eigenvalue weighted by Crippen LogP contribution is -2.48. The molecule has 1 fully saturated rings. The number of carbonyl (C=O) groups is 2. The van der Waals surface area contributed by atoms with E-state index in [0.717, 1.165) is 35.5 Å². The fraction of sp³-hybridized carbons (Fsp3) is 0.214. The second-order valence-electron chi connectivity index (χ2n) is 8.55. The lowest BCUT2D eigenvalue weighted by atomic mass is 9.97. The van der Waals surface area contributed by atoms with E-state index in [0.29, 0.717) is 33.8 Å². The van der Waals surface area contributed by atoms with Crippen molar-refractivity contribution in [2.24, 2.45) is 0 Å². The smallest absolute Gasteiger partial charge is 0.250 e. The molecule has 5 nitrogen and oxygen atoms in total. The first-order valence-corrected chi connectivity index (χ1v) is 12.7. The summed E-state index contributed by atoms with van der Waals surface area (Å²) in [5.41, 5.74) is 4.13. The van der Waals surface area contributed by atoms with Crippen LogP contribution in [0.15, 0.2) is 66.7 Å². The summed E-state index contributed by atoms with van der Waals surface area (Å²) in [7, 11) is 1.64. The van der Waals surface area contributed by atoms with Crippen LogP contribution in [0.25, 0.3) is 17.2 Å². The first kappa shape index (κ1) is 26.1. The summed E-state index contributed by atoms with van der Waals surface area (Å²) in [5, 5.41) is 1.42. The van der Waals surface area contributed by atoms with Gasteiger partial charge < -0.3 is 14.7 Å². The number of hydrogen-bond donors (Lipinski definition) is 0. The van der Waals surface area contributed by atoms with Crippen LogP contribution in [0.2, 0.25) is 15.1 Å². The highest BCUT2D eigenvalue weighted by Gasteiger charge is 2.20. The predicted octanol–water partition coefficient (Wildman–Crippen LogP) is 6.66. The maximum Gasteiger partial charge on any atom is 0.250 e. The van der Waals surface area contributed by atoms with E-state index < -0.39 is 0 Å². The van der Waals surface area contributed by atoms with Crippen molar-refractivity contribution >= 4 is 64.1 Å². The number of hydrogen-bond acceptors (Lipinski definition) is 3. The van der Waals surface area contributed by atoms with Crippen molar-refractivity contribution in [1.82, 2.24) is 4.90 Å². The molecule has 8 heteroatoms. The van der Waals surface area contributed by atoms with Gasteiger partial charge in [0.1, 0.15) is 0 Å². The molecule has 1 aliphatic rings. The monoisotopic (exact) mass is 541 g/mol. The van der Waals surface area contributed by atoms with Crippen molar-refractivity contribution in [2.75, 3.05) is 43.0 Å². The Labute approximate surface area is 226 Å². The number of amides is 2. The maximum absolute atomic E-state index is 13.0. The first-order chi connectivity index (χ1) is 17.3. The molecule has 0 saturated carbocycles. The minimum Gasteiger partial charge on any atom is -0.368 e. The Balaban J connectivity index is 1.65. The number of anilines is 2. The molecule has 1 saturated heterocycles. The van der Waals surface area contributed by atoms with Crippen LogP contribution >= 0.6 is 34.8 Å². The summed E-state index contributed by atoms with van der Waals surface area (Å²) in [6.07, 6.45) is 3.28. The van der Waals surface area contributed by atoms with E-state index in [-0.39, 0.29) is 11.8 Å². The number of halogens is 3. The standard InChI is InChI=1S/C28H26Cl3N3O2/c1-19(35)33-14-16-34(17-15-33)21-12-10-20(23(18-21)22-6-3-4-7-24(22)29)11-13-27(36)32(2)28-25(30)8-5-9-26(28)31/h3-13,18H,14-17H2,1-2H3/b13-11-. The Kier molecular flexibility index (Phi) is 8.24. The summed E-state index contributed by atoms with van der Waals surface area (Å²) in [6.45, 7) is 4.47. The average Bonchev–Trinajstić information content (AvgIpc) is 2.87. The number of para-hydroxylation sites is 1. The van der Waals surface area contributed by atoms with Gasteiger partial charge in [-0.2, -0.15) is 0 Å². The van der Waals surface area contributed by atoms with Crippen LogP contribution in [0.4, 0.5) is 11.4 Å². The number of nitrogens with zero attached hydrogens (tertiary/aromatic N) is 3. The van der Waals surface area contributed by atoms with Crippen molar-refractivity contribution in [3.05, 3.63) is 87.4 Å². The fourth-order valence-electron chi connectivity index (χ4n) is 4.27. The highest BCUT2D eigenvalue weighted by Crippen LogP contribution is 2.35. The van der Waals surface area contributed by atoms with Crippen LogP contribution in [0.1, 0.15) is 12.5 Å². The Morgan fingerprint density at radius 2 is 1.47 bits per heavy atom. The van der Waals surface area contributed by atoms with Crippen molar-refractivity contribution in [2.45, 2.75) is 6.92 Å². The number of piperazine rings is 1. The third kappa shape index (κ3) is 5.70. The molecule has 3 aromatic rings. The van der Waals surface area contributed by atoms with Crippen molar-refractivity contribution in [3.8, 4) is 11.1 Å². The summed E-state index contributed by atoms with van der Waals surface area (Å²) >= 11 is 19.1. The fourth-order valence-corrected chi connectivity index (χ4v) is 5.16. The topological polar surface area (TPSA) is 43.9 Å². The van der Waals surface area contributed by atoms with E-state index in [2.05, 4.69) is 11.0 Å². The van der Waals surface area contributed by atoms with Crippen LogP contribution in [-0.2, 0) is 9.59 Å². The minimum atomic E-state index is -0.264. The molecule has 186 valence electrons. The molecule has 0 radical (unpaired) electrons. The molecular formula is C28H26Cl3N3O2. The molecule has 1 aliphatic heterocycles. The van der Waals surface area contributed by atoms with E-state index in [1.165, 1.54) is 11.0 Å². The third-order valence-corrected chi connectivity index (χ3v) is 7.24. The Morgan fingerprint density at radius 3 is 2.11 bits per heavy atom. The number of carbonyl (C=O) groups excluding carboxylic acids is 2. The maximum atomic E-state index is 13.0. The molecule has 0 atom stereocenters. The number of rotatable bonds is 5. The molecule has 0 N–H and O–H groups in total. The SMILES string of the molecule is CC(=O)N1CCN(c2ccc(/C=C\C(=O)N(C)c3c(Cl)cccc3Cl)c(-c3ccccc3Cl)c2)CC1. The normalized spacial score (nSPS) is 13.8. The van der Waals surface area contributed by atoms with Gasteiger partial charge in [0.05, 0.1) is 15.7 Å². The van der Waals surface area contributed by atoms with Gasteiger partial charge in [-0.25, -0.2) is 0 Å². The first-order valence-electron chi connectivity index (χ1n) is 11.6. The van der Waals surface area contributed by atoms with Gasteiger partial charge in [0.2, 0.25) is 5.91 Å². The van der Waals surface area contributed by atoms with Gasteiger partial charge >= 0.3 is 0 Å². The second kappa shape index (κ2) is 11.4. The molecule has 0 unspecified atom stereocenters. The summed E-state index contributed by atoms with van der Waals surface area (Å²) in [4.78, 5) is 30.2. The molecular weight excluding hydrogens is 517 g/mol. The summed E-state index contributed by atoms with van der Waals surface area (Å²) in [6, 6.07) is 18.9. The summed E-state index contributed by atoms with van der Waals surface area (Å²) in [5.74, 6) is -0.167. The Bertz CT molecular complexity index is 1300. The van der Waals surface area contributed by atoms with E-state index in [1.54, 1.807) is 38.2 Å². The van der Waals surface area contributed by atoms with Gasteiger partial charge in [-0.05, 0) is 47.5 Å². The Morgan fingerprint density at radius 1 is 0.833 bits per heavy atom. The third-order valence-electron chi connectivity index (χ3n) is 6.30. The van der Waals surface area contributed by atoms with Gasteiger partial charge in [0, 0.05) is 62.5 Å². The van der Waals surface area contributed by atoms with Crippen LogP contribution < -0.4 is 9.80 Å². The molecule has 0 aliphatic carbocycles.